The maximum absolute atomic E-state index is 5.11. The van der Waals surface area contributed by atoms with Crippen molar-refractivity contribution in [2.45, 2.75) is 12.6 Å². The van der Waals surface area contributed by atoms with Gasteiger partial charge in [0.25, 0.3) is 0 Å². The molecular formula is C6H9NO. The molecule has 0 bridgehead atoms. The number of hydrogen-bond donors (Lipinski definition) is 0. The topological polar surface area (TPSA) is 21.6 Å². The van der Waals surface area contributed by atoms with E-state index in [4.69, 9.17) is 4.74 Å². The maximum Gasteiger partial charge on any atom is 0.166 e. The van der Waals surface area contributed by atoms with Crippen LogP contribution in [0, 0.1) is 0 Å². The van der Waals surface area contributed by atoms with Crippen LogP contribution < -0.4 is 0 Å². The summed E-state index contributed by atoms with van der Waals surface area (Å²) in [6.07, 6.45) is 4.42. The molecule has 44 valence electrons. The van der Waals surface area contributed by atoms with Crippen molar-refractivity contribution in [3.8, 4) is 0 Å². The Labute approximate surface area is 48.9 Å². The van der Waals surface area contributed by atoms with Crippen LogP contribution in [0.4, 0.5) is 0 Å². The summed E-state index contributed by atoms with van der Waals surface area (Å²) in [4.78, 5) is 3.98. The van der Waals surface area contributed by atoms with Crippen LogP contribution in [0.1, 0.15) is 6.42 Å². The lowest BCUT2D eigenvalue weighted by molar-refractivity contribution is 0.0896. The summed E-state index contributed by atoms with van der Waals surface area (Å²) in [5.74, 6) is 0. The first kappa shape index (κ1) is 5.51. The second kappa shape index (κ2) is 2.62. The fourth-order valence-corrected chi connectivity index (χ4v) is 0.592. The Morgan fingerprint density at radius 1 is 1.88 bits per heavy atom. The van der Waals surface area contributed by atoms with Crippen molar-refractivity contribution < 1.29 is 4.74 Å². The monoisotopic (exact) mass is 111 g/mol. The zero-order chi connectivity index (χ0) is 5.82. The summed E-state index contributed by atoms with van der Waals surface area (Å²) in [6.45, 7) is 4.32. The van der Waals surface area contributed by atoms with Crippen molar-refractivity contribution >= 4 is 6.21 Å². The minimum Gasteiger partial charge on any atom is -0.353 e. The molecule has 1 aliphatic rings. The second-order valence-electron chi connectivity index (χ2n) is 1.62. The van der Waals surface area contributed by atoms with Crippen LogP contribution in [-0.4, -0.2) is 19.0 Å². The smallest absolute Gasteiger partial charge is 0.166 e. The summed E-state index contributed by atoms with van der Waals surface area (Å²) in [6, 6.07) is 0. The molecule has 1 heterocycles. The first-order valence-electron chi connectivity index (χ1n) is 2.69. The van der Waals surface area contributed by atoms with E-state index < -0.39 is 0 Å². The Morgan fingerprint density at radius 2 is 2.75 bits per heavy atom. The standard InChI is InChI=1S/C6H9NO/c1-2-6-7-4-3-5-8-6/h2,4,6H,1,3,5H2. The summed E-state index contributed by atoms with van der Waals surface area (Å²) >= 11 is 0. The highest BCUT2D eigenvalue weighted by atomic mass is 16.5. The largest absolute Gasteiger partial charge is 0.353 e. The zero-order valence-corrected chi connectivity index (χ0v) is 4.71. The fraction of sp³-hybridized carbons (Fsp3) is 0.500. The molecule has 0 amide bonds. The van der Waals surface area contributed by atoms with Gasteiger partial charge in [-0.25, -0.2) is 0 Å². The molecule has 2 nitrogen and oxygen atoms in total. The molecule has 0 saturated heterocycles. The molecule has 0 aromatic rings. The van der Waals surface area contributed by atoms with Gasteiger partial charge >= 0.3 is 0 Å². The first-order chi connectivity index (χ1) is 3.93. The number of nitrogens with zero attached hydrogens (tertiary/aromatic N) is 1. The summed E-state index contributed by atoms with van der Waals surface area (Å²) < 4.78 is 5.11. The van der Waals surface area contributed by atoms with E-state index in [-0.39, 0.29) is 6.23 Å². The van der Waals surface area contributed by atoms with Crippen molar-refractivity contribution in [1.82, 2.24) is 0 Å². The minimum absolute atomic E-state index is 0.0799. The maximum atomic E-state index is 5.11. The zero-order valence-electron chi connectivity index (χ0n) is 4.71. The molecule has 2 heteroatoms. The van der Waals surface area contributed by atoms with Crippen molar-refractivity contribution in [2.24, 2.45) is 4.99 Å². The van der Waals surface area contributed by atoms with Crippen molar-refractivity contribution in [3.63, 3.8) is 0 Å². The van der Waals surface area contributed by atoms with E-state index >= 15 is 0 Å². The van der Waals surface area contributed by atoms with Crippen molar-refractivity contribution in [3.05, 3.63) is 12.7 Å². The highest BCUT2D eigenvalue weighted by Crippen LogP contribution is 2.00. The molecule has 0 aliphatic carbocycles. The van der Waals surface area contributed by atoms with Gasteiger partial charge in [-0.15, -0.1) is 0 Å². The van der Waals surface area contributed by atoms with Gasteiger partial charge in [-0.1, -0.05) is 6.58 Å². The van der Waals surface area contributed by atoms with Gasteiger partial charge in [-0.05, 0) is 6.08 Å². The number of hydrogen-bond acceptors (Lipinski definition) is 2. The number of rotatable bonds is 1. The van der Waals surface area contributed by atoms with Crippen molar-refractivity contribution in [1.29, 1.82) is 0 Å². The third-order valence-corrected chi connectivity index (χ3v) is 0.990. The molecule has 1 atom stereocenters. The molecule has 1 aliphatic heterocycles. The molecule has 0 aromatic heterocycles. The Morgan fingerprint density at radius 3 is 3.12 bits per heavy atom. The molecule has 0 radical (unpaired) electrons. The first-order valence-corrected chi connectivity index (χ1v) is 2.69. The van der Waals surface area contributed by atoms with E-state index in [0.29, 0.717) is 0 Å². The van der Waals surface area contributed by atoms with Gasteiger partial charge in [0.1, 0.15) is 0 Å². The van der Waals surface area contributed by atoms with E-state index in [0.717, 1.165) is 13.0 Å². The van der Waals surface area contributed by atoms with E-state index in [1.54, 1.807) is 6.08 Å². The molecule has 0 N–H and O–H groups in total. The second-order valence-corrected chi connectivity index (χ2v) is 1.62. The third kappa shape index (κ3) is 1.17. The summed E-state index contributed by atoms with van der Waals surface area (Å²) in [5.41, 5.74) is 0. The van der Waals surface area contributed by atoms with Gasteiger partial charge < -0.3 is 4.74 Å². The van der Waals surface area contributed by atoms with Crippen LogP contribution in [0.5, 0.6) is 0 Å². The highest BCUT2D eigenvalue weighted by Gasteiger charge is 2.01. The summed E-state index contributed by atoms with van der Waals surface area (Å²) in [5, 5.41) is 0. The molecule has 8 heavy (non-hydrogen) atoms. The van der Waals surface area contributed by atoms with Gasteiger partial charge in [0.2, 0.25) is 0 Å². The lowest BCUT2D eigenvalue weighted by Gasteiger charge is -2.11. The Balaban J connectivity index is 2.42. The van der Waals surface area contributed by atoms with Gasteiger partial charge in [-0.3, -0.25) is 4.99 Å². The molecule has 0 saturated carbocycles. The number of aliphatic imine (C=N–C) groups is 1. The van der Waals surface area contributed by atoms with Crippen LogP contribution in [0.2, 0.25) is 0 Å². The molecule has 1 rings (SSSR count). The van der Waals surface area contributed by atoms with Crippen LogP contribution in [0.25, 0.3) is 0 Å². The fourth-order valence-electron chi connectivity index (χ4n) is 0.592. The normalized spacial score (nSPS) is 27.8. The van der Waals surface area contributed by atoms with Crippen molar-refractivity contribution in [2.75, 3.05) is 6.61 Å². The Kier molecular flexibility index (Phi) is 1.80. The molecule has 0 spiro atoms. The minimum atomic E-state index is -0.0799. The predicted molar refractivity (Wildman–Crippen MR) is 33.0 cm³/mol. The molecule has 1 unspecified atom stereocenters. The molecule has 0 aromatic carbocycles. The van der Waals surface area contributed by atoms with Gasteiger partial charge in [-0.2, -0.15) is 0 Å². The van der Waals surface area contributed by atoms with Gasteiger partial charge in [0.05, 0.1) is 6.61 Å². The predicted octanol–water partition coefficient (Wildman–Crippen LogP) is 0.990. The van der Waals surface area contributed by atoms with Crippen LogP contribution in [0.3, 0.4) is 0 Å². The quantitative estimate of drug-likeness (QED) is 0.462. The van der Waals surface area contributed by atoms with Crippen LogP contribution in [-0.2, 0) is 4.74 Å². The third-order valence-electron chi connectivity index (χ3n) is 0.990. The van der Waals surface area contributed by atoms with E-state index in [9.17, 15) is 0 Å². The SMILES string of the molecule is C=CC1N=CCCO1. The average molecular weight is 111 g/mol. The molecule has 0 fully saturated rings. The molecular weight excluding hydrogens is 102 g/mol. The lowest BCUT2D eigenvalue weighted by Crippen LogP contribution is -2.12. The van der Waals surface area contributed by atoms with Crippen LogP contribution in [0.15, 0.2) is 17.6 Å². The average Bonchev–Trinajstić information content (AvgIpc) is 1.90. The number of ether oxygens (including phenoxy) is 1. The Hall–Kier alpha value is -0.630. The van der Waals surface area contributed by atoms with Gasteiger partial charge in [0, 0.05) is 12.6 Å². The summed E-state index contributed by atoms with van der Waals surface area (Å²) in [7, 11) is 0. The van der Waals surface area contributed by atoms with E-state index in [1.807, 2.05) is 6.21 Å². The highest BCUT2D eigenvalue weighted by molar-refractivity contribution is 5.58. The Bertz CT molecular complexity index is 109. The van der Waals surface area contributed by atoms with E-state index in [2.05, 4.69) is 11.6 Å². The lowest BCUT2D eigenvalue weighted by atomic mass is 10.4. The van der Waals surface area contributed by atoms with Gasteiger partial charge in [0.15, 0.2) is 6.23 Å². The van der Waals surface area contributed by atoms with Crippen LogP contribution >= 0.6 is 0 Å². The van der Waals surface area contributed by atoms with E-state index in [1.165, 1.54) is 0 Å².